The summed E-state index contributed by atoms with van der Waals surface area (Å²) in [5.74, 6) is 0. The summed E-state index contributed by atoms with van der Waals surface area (Å²) in [6.07, 6.45) is 4.95. The van der Waals surface area contributed by atoms with Gasteiger partial charge in [-0.15, -0.1) is 0 Å². The monoisotopic (exact) mass is 219 g/mol. The molecule has 0 radical (unpaired) electrons. The Morgan fingerprint density at radius 3 is 2.06 bits per heavy atom. The van der Waals surface area contributed by atoms with E-state index in [0.29, 0.717) is 0 Å². The average Bonchev–Trinajstić information content (AvgIpc) is 2.21. The van der Waals surface area contributed by atoms with E-state index in [9.17, 15) is 0 Å². The van der Waals surface area contributed by atoms with Crippen molar-refractivity contribution in [2.24, 2.45) is 5.41 Å². The zero-order valence-electron chi connectivity index (χ0n) is 11.4. The lowest BCUT2D eigenvalue weighted by Crippen LogP contribution is -2.25. The van der Waals surface area contributed by atoms with E-state index in [-0.39, 0.29) is 5.41 Å². The van der Waals surface area contributed by atoms with Crippen molar-refractivity contribution in [3.8, 4) is 0 Å². The lowest BCUT2D eigenvalue weighted by atomic mass is 9.91. The van der Waals surface area contributed by atoms with E-state index in [4.69, 9.17) is 0 Å². The van der Waals surface area contributed by atoms with E-state index in [1.165, 1.54) is 0 Å². The van der Waals surface area contributed by atoms with Gasteiger partial charge in [-0.1, -0.05) is 59.6 Å². The minimum Gasteiger partial charge on any atom is -0.348 e. The summed E-state index contributed by atoms with van der Waals surface area (Å²) in [5.41, 5.74) is 3.14. The second-order valence-electron chi connectivity index (χ2n) is 4.97. The molecule has 0 bridgehead atoms. The van der Waals surface area contributed by atoms with Gasteiger partial charge in [-0.3, -0.25) is 0 Å². The lowest BCUT2D eigenvalue weighted by Gasteiger charge is -2.33. The Morgan fingerprint density at radius 1 is 1.25 bits per heavy atom. The van der Waals surface area contributed by atoms with Crippen LogP contribution in [0.2, 0.25) is 0 Å². The van der Waals surface area contributed by atoms with Crippen LogP contribution in [0.4, 0.5) is 0 Å². The van der Waals surface area contributed by atoms with Crippen LogP contribution in [0.3, 0.4) is 0 Å². The molecule has 0 aliphatic heterocycles. The summed E-state index contributed by atoms with van der Waals surface area (Å²) >= 11 is 0. The number of hydrogen-bond acceptors (Lipinski definition) is 1. The van der Waals surface area contributed by atoms with Crippen LogP contribution in [-0.4, -0.2) is 11.9 Å². The van der Waals surface area contributed by atoms with Crippen LogP contribution in [0.25, 0.3) is 0 Å². The summed E-state index contributed by atoms with van der Waals surface area (Å²) in [7, 11) is 2.00. The van der Waals surface area contributed by atoms with Crippen LogP contribution in [0.15, 0.2) is 48.9 Å². The molecule has 0 unspecified atom stereocenters. The fourth-order valence-electron chi connectivity index (χ4n) is 1.40. The fourth-order valence-corrected chi connectivity index (χ4v) is 1.40. The second kappa shape index (κ2) is 5.74. The molecule has 0 aromatic carbocycles. The van der Waals surface area contributed by atoms with Gasteiger partial charge < -0.3 is 4.90 Å². The molecule has 0 heterocycles. The van der Waals surface area contributed by atoms with E-state index in [2.05, 4.69) is 53.5 Å². The summed E-state index contributed by atoms with van der Waals surface area (Å²) < 4.78 is 0. The predicted molar refractivity (Wildman–Crippen MR) is 74.1 cm³/mol. The largest absolute Gasteiger partial charge is 0.348 e. The first kappa shape index (κ1) is 14.8. The van der Waals surface area contributed by atoms with E-state index in [1.807, 2.05) is 18.0 Å². The van der Waals surface area contributed by atoms with Crippen molar-refractivity contribution in [2.45, 2.75) is 34.1 Å². The Kier molecular flexibility index (Phi) is 5.29. The molecule has 0 fully saturated rings. The number of hydrogen-bond donors (Lipinski definition) is 0. The molecular formula is C15H25N. The van der Waals surface area contributed by atoms with Crippen LogP contribution in [-0.2, 0) is 0 Å². The maximum absolute atomic E-state index is 4.13. The van der Waals surface area contributed by atoms with Gasteiger partial charge in [-0.25, -0.2) is 0 Å². The molecule has 0 saturated heterocycles. The van der Waals surface area contributed by atoms with Gasteiger partial charge in [0.15, 0.2) is 0 Å². The van der Waals surface area contributed by atoms with Gasteiger partial charge in [0, 0.05) is 23.9 Å². The Labute approximate surface area is 101 Å². The van der Waals surface area contributed by atoms with Gasteiger partial charge in [-0.2, -0.15) is 0 Å². The first-order valence-electron chi connectivity index (χ1n) is 5.70. The van der Waals surface area contributed by atoms with Gasteiger partial charge in [0.05, 0.1) is 0 Å². The van der Waals surface area contributed by atoms with Crippen LogP contribution >= 0.6 is 0 Å². The van der Waals surface area contributed by atoms with Crippen molar-refractivity contribution in [1.29, 1.82) is 0 Å². The third kappa shape index (κ3) is 3.73. The highest BCUT2D eigenvalue weighted by molar-refractivity contribution is 5.38. The highest BCUT2D eigenvalue weighted by atomic mass is 15.1. The minimum atomic E-state index is 0.0518. The summed E-state index contributed by atoms with van der Waals surface area (Å²) in [6, 6.07) is 0. The van der Waals surface area contributed by atoms with Crippen molar-refractivity contribution in [3.63, 3.8) is 0 Å². The van der Waals surface area contributed by atoms with E-state index < -0.39 is 0 Å². The number of allylic oxidation sites excluding steroid dienone is 3. The maximum Gasteiger partial charge on any atom is 0.0402 e. The quantitative estimate of drug-likeness (QED) is 0.615. The average molecular weight is 219 g/mol. The highest BCUT2D eigenvalue weighted by Gasteiger charge is 2.20. The molecule has 0 N–H and O–H groups in total. The minimum absolute atomic E-state index is 0.0518. The van der Waals surface area contributed by atoms with Crippen LogP contribution in [0, 0.1) is 5.41 Å². The third-order valence-corrected chi connectivity index (χ3v) is 2.65. The van der Waals surface area contributed by atoms with Crippen molar-refractivity contribution in [3.05, 3.63) is 48.9 Å². The van der Waals surface area contributed by atoms with Crippen LogP contribution < -0.4 is 0 Å². The second-order valence-corrected chi connectivity index (χ2v) is 4.97. The maximum atomic E-state index is 4.13. The predicted octanol–water partition coefficient (Wildman–Crippen LogP) is 4.51. The van der Waals surface area contributed by atoms with E-state index in [0.717, 1.165) is 23.4 Å². The van der Waals surface area contributed by atoms with Crippen molar-refractivity contribution in [1.82, 2.24) is 4.90 Å². The molecule has 0 atom stereocenters. The number of rotatable bonds is 5. The Bertz CT molecular complexity index is 313. The number of nitrogens with zero attached hydrogens (tertiary/aromatic N) is 1. The van der Waals surface area contributed by atoms with Gasteiger partial charge >= 0.3 is 0 Å². The molecule has 0 saturated carbocycles. The van der Waals surface area contributed by atoms with E-state index >= 15 is 0 Å². The molecule has 0 aromatic rings. The third-order valence-electron chi connectivity index (χ3n) is 2.65. The zero-order chi connectivity index (χ0) is 12.9. The van der Waals surface area contributed by atoms with E-state index in [1.54, 1.807) is 0 Å². The molecule has 90 valence electrons. The molecule has 0 spiro atoms. The van der Waals surface area contributed by atoms with Crippen LogP contribution in [0.5, 0.6) is 0 Å². The molecule has 0 rings (SSSR count). The first-order chi connectivity index (χ1) is 7.25. The molecule has 0 aliphatic carbocycles. The molecule has 1 nitrogen and oxygen atoms in total. The topological polar surface area (TPSA) is 3.24 Å². The zero-order valence-corrected chi connectivity index (χ0v) is 11.4. The van der Waals surface area contributed by atoms with Crippen molar-refractivity contribution >= 4 is 0 Å². The smallest absolute Gasteiger partial charge is 0.0402 e. The van der Waals surface area contributed by atoms with Crippen molar-refractivity contribution in [2.75, 3.05) is 7.05 Å². The molecule has 16 heavy (non-hydrogen) atoms. The van der Waals surface area contributed by atoms with Gasteiger partial charge in [0.1, 0.15) is 0 Å². The SMILES string of the molecule is C=C/C(=C\CC)C(=C)N(C)C(=C)C(C)(C)C. The molecule has 1 heteroatoms. The Hall–Kier alpha value is -1.24. The molecule has 0 aromatic heterocycles. The lowest BCUT2D eigenvalue weighted by molar-refractivity contribution is 0.366. The Morgan fingerprint density at radius 2 is 1.75 bits per heavy atom. The molecule has 0 amide bonds. The summed E-state index contributed by atoms with van der Waals surface area (Å²) in [5, 5.41) is 0. The van der Waals surface area contributed by atoms with Crippen molar-refractivity contribution < 1.29 is 0 Å². The van der Waals surface area contributed by atoms with Gasteiger partial charge in [0.2, 0.25) is 0 Å². The summed E-state index contributed by atoms with van der Waals surface area (Å²) in [4.78, 5) is 2.04. The van der Waals surface area contributed by atoms with Crippen LogP contribution in [0.1, 0.15) is 34.1 Å². The molecule has 0 aliphatic rings. The normalized spacial score (nSPS) is 12.2. The number of likely N-dealkylation sites (N-methyl/N-ethyl adjacent to an activating group) is 1. The highest BCUT2D eigenvalue weighted by Crippen LogP contribution is 2.29. The summed E-state index contributed by atoms with van der Waals surface area (Å²) in [6.45, 7) is 20.6. The first-order valence-corrected chi connectivity index (χ1v) is 5.70. The van der Waals surface area contributed by atoms with Gasteiger partial charge in [-0.05, 0) is 12.0 Å². The standard InChI is InChI=1S/C15H25N/c1-9-11-14(10-2)12(3)16(8)13(4)15(5,6)7/h10-11H,2-4,9H2,1,5-8H3/b14-11+. The molecular weight excluding hydrogens is 194 g/mol. The Balaban J connectivity index is 4.94. The fraction of sp³-hybridized carbons (Fsp3) is 0.467. The van der Waals surface area contributed by atoms with Gasteiger partial charge in [0.25, 0.3) is 0 Å².